The van der Waals surface area contributed by atoms with Gasteiger partial charge in [0.25, 0.3) is 0 Å². The Morgan fingerprint density at radius 2 is 2.26 bits per heavy atom. The second kappa shape index (κ2) is 4.97. The van der Waals surface area contributed by atoms with Gasteiger partial charge in [-0.1, -0.05) is 24.3 Å². The summed E-state index contributed by atoms with van der Waals surface area (Å²) in [7, 11) is 1.44. The molecule has 1 aliphatic heterocycles. The lowest BCUT2D eigenvalue weighted by molar-refractivity contribution is -0.152. The number of hydrogen-bond donors (Lipinski definition) is 0. The van der Waals surface area contributed by atoms with Crippen molar-refractivity contribution < 1.29 is 9.53 Å². The van der Waals surface area contributed by atoms with Crippen LogP contribution < -0.4 is 0 Å². The van der Waals surface area contributed by atoms with Crippen molar-refractivity contribution in [1.29, 1.82) is 0 Å². The Hall–Kier alpha value is -1.94. The van der Waals surface area contributed by atoms with Crippen LogP contribution in [0.15, 0.2) is 36.5 Å². The molecule has 3 rings (SSSR count). The zero-order valence-corrected chi connectivity index (χ0v) is 10.9. The fourth-order valence-corrected chi connectivity index (χ4v) is 2.55. The molecule has 2 heterocycles. The number of ether oxygens (including phenoxy) is 1. The van der Waals surface area contributed by atoms with Gasteiger partial charge < -0.3 is 4.74 Å². The molecule has 0 N–H and O–H groups in total. The topological polar surface area (TPSA) is 42.4 Å². The Morgan fingerprint density at radius 3 is 3.00 bits per heavy atom. The molecule has 1 aliphatic rings. The molecule has 0 aliphatic carbocycles. The van der Waals surface area contributed by atoms with Crippen molar-refractivity contribution in [1.82, 2.24) is 9.88 Å². The number of fused-ring (bicyclic) bond motifs is 1. The lowest BCUT2D eigenvalue weighted by atomic mass is 10.0. The van der Waals surface area contributed by atoms with Crippen LogP contribution in [-0.4, -0.2) is 35.5 Å². The summed E-state index contributed by atoms with van der Waals surface area (Å²) in [6, 6.07) is 10.1. The number of nitrogens with zero attached hydrogens (tertiary/aromatic N) is 2. The molecule has 1 aromatic carbocycles. The number of hydrogen-bond acceptors (Lipinski definition) is 4. The molecule has 0 bridgehead atoms. The van der Waals surface area contributed by atoms with Gasteiger partial charge in [-0.2, -0.15) is 0 Å². The molecule has 4 heteroatoms. The van der Waals surface area contributed by atoms with E-state index in [-0.39, 0.29) is 12.0 Å². The number of likely N-dealkylation sites (tertiary alicyclic amines) is 1. The molecule has 2 aromatic rings. The third kappa shape index (κ3) is 2.19. The average molecular weight is 256 g/mol. The predicted octanol–water partition coefficient (Wildman–Crippen LogP) is 1.98. The van der Waals surface area contributed by atoms with Crippen LogP contribution in [0.5, 0.6) is 0 Å². The first kappa shape index (κ1) is 12.1. The molecule has 1 fully saturated rings. The maximum absolute atomic E-state index is 11.6. The van der Waals surface area contributed by atoms with Gasteiger partial charge >= 0.3 is 5.97 Å². The van der Waals surface area contributed by atoms with E-state index in [1.54, 1.807) is 6.20 Å². The number of benzene rings is 1. The summed E-state index contributed by atoms with van der Waals surface area (Å²) < 4.78 is 4.81. The van der Waals surface area contributed by atoms with Crippen LogP contribution in [0.3, 0.4) is 0 Å². The average Bonchev–Trinajstić information content (AvgIpc) is 2.43. The second-order valence-electron chi connectivity index (χ2n) is 4.79. The third-order valence-electron chi connectivity index (χ3n) is 3.69. The van der Waals surface area contributed by atoms with E-state index >= 15 is 0 Å². The number of carbonyl (C=O) groups excluding carboxylic acids is 1. The summed E-state index contributed by atoms with van der Waals surface area (Å²) in [5.41, 5.74) is 2.17. The molecule has 98 valence electrons. The molecule has 0 saturated carbocycles. The standard InChI is InChI=1S/C15H16N2O2/c1-19-15(18)13-7-9-17(13)10-12-5-2-4-11-6-3-8-16-14(11)12/h2-6,8,13H,7,9-10H2,1H3. The largest absolute Gasteiger partial charge is 0.468 e. The van der Waals surface area contributed by atoms with Gasteiger partial charge in [-0.05, 0) is 18.1 Å². The van der Waals surface area contributed by atoms with Crippen molar-refractivity contribution in [3.8, 4) is 0 Å². The smallest absolute Gasteiger partial charge is 0.323 e. The summed E-state index contributed by atoms with van der Waals surface area (Å²) in [5.74, 6) is -0.139. The van der Waals surface area contributed by atoms with Crippen molar-refractivity contribution >= 4 is 16.9 Å². The predicted molar refractivity (Wildman–Crippen MR) is 72.6 cm³/mol. The number of carbonyl (C=O) groups is 1. The van der Waals surface area contributed by atoms with Crippen molar-refractivity contribution in [3.63, 3.8) is 0 Å². The lowest BCUT2D eigenvalue weighted by Crippen LogP contribution is -2.52. The quantitative estimate of drug-likeness (QED) is 0.788. The van der Waals surface area contributed by atoms with Crippen molar-refractivity contribution in [2.75, 3.05) is 13.7 Å². The van der Waals surface area contributed by atoms with Crippen LogP contribution in [0.1, 0.15) is 12.0 Å². The number of pyridine rings is 1. The Bertz CT molecular complexity index is 607. The summed E-state index contributed by atoms with van der Waals surface area (Å²) in [6.07, 6.45) is 2.69. The van der Waals surface area contributed by atoms with Gasteiger partial charge in [-0.3, -0.25) is 14.7 Å². The minimum Gasteiger partial charge on any atom is -0.468 e. The minimum absolute atomic E-state index is 0.0935. The zero-order valence-electron chi connectivity index (χ0n) is 10.9. The summed E-state index contributed by atoms with van der Waals surface area (Å²) >= 11 is 0. The minimum atomic E-state index is -0.139. The van der Waals surface area contributed by atoms with Crippen LogP contribution in [0.25, 0.3) is 10.9 Å². The van der Waals surface area contributed by atoms with E-state index in [1.165, 1.54) is 7.11 Å². The van der Waals surface area contributed by atoms with Crippen molar-refractivity contribution in [2.24, 2.45) is 0 Å². The highest BCUT2D eigenvalue weighted by molar-refractivity contribution is 5.81. The third-order valence-corrected chi connectivity index (χ3v) is 3.69. The van der Waals surface area contributed by atoms with Gasteiger partial charge in [-0.15, -0.1) is 0 Å². The maximum Gasteiger partial charge on any atom is 0.323 e. The van der Waals surface area contributed by atoms with Gasteiger partial charge in [0.05, 0.1) is 12.6 Å². The maximum atomic E-state index is 11.6. The van der Waals surface area contributed by atoms with E-state index < -0.39 is 0 Å². The highest BCUT2D eigenvalue weighted by atomic mass is 16.5. The van der Waals surface area contributed by atoms with Crippen LogP contribution in [-0.2, 0) is 16.1 Å². The second-order valence-corrected chi connectivity index (χ2v) is 4.79. The first-order chi connectivity index (χ1) is 9.29. The molecule has 1 unspecified atom stereocenters. The van der Waals surface area contributed by atoms with Crippen LogP contribution in [0.4, 0.5) is 0 Å². The number of methoxy groups -OCH3 is 1. The highest BCUT2D eigenvalue weighted by Crippen LogP contribution is 2.24. The van der Waals surface area contributed by atoms with E-state index in [9.17, 15) is 4.79 Å². The summed E-state index contributed by atoms with van der Waals surface area (Å²) in [6.45, 7) is 1.68. The SMILES string of the molecule is COC(=O)C1CCN1Cc1cccc2cccnc12. The first-order valence-electron chi connectivity index (χ1n) is 6.44. The molecular weight excluding hydrogens is 240 g/mol. The van der Waals surface area contributed by atoms with Gasteiger partial charge in [0.15, 0.2) is 0 Å². The van der Waals surface area contributed by atoms with Crippen molar-refractivity contribution in [3.05, 3.63) is 42.1 Å². The molecule has 0 radical (unpaired) electrons. The van der Waals surface area contributed by atoms with Crippen LogP contribution in [0.2, 0.25) is 0 Å². The molecule has 19 heavy (non-hydrogen) atoms. The van der Waals surface area contributed by atoms with Crippen LogP contribution in [0, 0.1) is 0 Å². The monoisotopic (exact) mass is 256 g/mol. The van der Waals surface area contributed by atoms with E-state index in [0.29, 0.717) is 0 Å². The number of para-hydroxylation sites is 1. The van der Waals surface area contributed by atoms with Gasteiger partial charge in [0.2, 0.25) is 0 Å². The van der Waals surface area contributed by atoms with E-state index in [1.807, 2.05) is 12.1 Å². The van der Waals surface area contributed by atoms with Gasteiger partial charge in [0.1, 0.15) is 6.04 Å². The Morgan fingerprint density at radius 1 is 1.42 bits per heavy atom. The van der Waals surface area contributed by atoms with Gasteiger partial charge in [0, 0.05) is 24.7 Å². The zero-order chi connectivity index (χ0) is 13.2. The fourth-order valence-electron chi connectivity index (χ4n) is 2.55. The lowest BCUT2D eigenvalue weighted by Gasteiger charge is -2.38. The molecule has 1 aromatic heterocycles. The number of aromatic nitrogens is 1. The Kier molecular flexibility index (Phi) is 3.17. The summed E-state index contributed by atoms with van der Waals surface area (Å²) in [5, 5.41) is 1.13. The molecular formula is C15H16N2O2. The summed E-state index contributed by atoms with van der Waals surface area (Å²) in [4.78, 5) is 18.2. The molecule has 0 spiro atoms. The fraction of sp³-hybridized carbons (Fsp3) is 0.333. The van der Waals surface area contributed by atoms with Gasteiger partial charge in [-0.25, -0.2) is 0 Å². The Balaban J connectivity index is 1.84. The highest BCUT2D eigenvalue weighted by Gasteiger charge is 2.34. The molecule has 0 amide bonds. The molecule has 1 saturated heterocycles. The first-order valence-corrected chi connectivity index (χ1v) is 6.44. The van der Waals surface area contributed by atoms with Crippen molar-refractivity contribution in [2.45, 2.75) is 19.0 Å². The van der Waals surface area contributed by atoms with E-state index in [4.69, 9.17) is 4.74 Å². The normalized spacial score (nSPS) is 19.1. The van der Waals surface area contributed by atoms with E-state index in [0.717, 1.165) is 36.0 Å². The van der Waals surface area contributed by atoms with Crippen LogP contribution >= 0.6 is 0 Å². The number of esters is 1. The van der Waals surface area contributed by atoms with E-state index in [2.05, 4.69) is 28.1 Å². The number of rotatable bonds is 3. The Labute approximate surface area is 112 Å². The molecule has 1 atom stereocenters. The molecule has 4 nitrogen and oxygen atoms in total.